The summed E-state index contributed by atoms with van der Waals surface area (Å²) in [7, 11) is 0. The molecule has 5 heteroatoms. The van der Waals surface area contributed by atoms with Gasteiger partial charge in [-0.25, -0.2) is 0 Å². The van der Waals surface area contributed by atoms with Crippen molar-refractivity contribution in [3.8, 4) is 12.1 Å². The van der Waals surface area contributed by atoms with Crippen molar-refractivity contribution >= 4 is 0 Å². The van der Waals surface area contributed by atoms with Gasteiger partial charge in [0.15, 0.2) is 0 Å². The number of nitrogens with zero attached hydrogens (tertiary/aromatic N) is 2. The van der Waals surface area contributed by atoms with Gasteiger partial charge in [0, 0.05) is 5.92 Å². The second-order valence-corrected chi connectivity index (χ2v) is 3.64. The second-order valence-electron chi connectivity index (χ2n) is 3.64. The molecule has 0 aliphatic carbocycles. The van der Waals surface area contributed by atoms with Crippen molar-refractivity contribution in [2.75, 3.05) is 0 Å². The van der Waals surface area contributed by atoms with Gasteiger partial charge in [0.05, 0.1) is 17.7 Å². The molecule has 0 saturated heterocycles. The zero-order chi connectivity index (χ0) is 13.1. The fourth-order valence-corrected chi connectivity index (χ4v) is 1.42. The number of rotatable bonds is 2. The van der Waals surface area contributed by atoms with Gasteiger partial charge in [-0.15, -0.1) is 0 Å². The van der Waals surface area contributed by atoms with E-state index in [9.17, 15) is 13.2 Å². The van der Waals surface area contributed by atoms with Gasteiger partial charge in [-0.3, -0.25) is 0 Å². The Bertz CT molecular complexity index is 448. The highest BCUT2D eigenvalue weighted by atomic mass is 19.4. The van der Waals surface area contributed by atoms with Crippen molar-refractivity contribution < 1.29 is 13.2 Å². The van der Waals surface area contributed by atoms with E-state index in [4.69, 9.17) is 10.5 Å². The summed E-state index contributed by atoms with van der Waals surface area (Å²) < 4.78 is 36.9. The third kappa shape index (κ3) is 2.98. The van der Waals surface area contributed by atoms with E-state index >= 15 is 0 Å². The van der Waals surface area contributed by atoms with E-state index in [0.29, 0.717) is 5.56 Å². The molecule has 17 heavy (non-hydrogen) atoms. The smallest absolute Gasteiger partial charge is 0.197 e. The number of alkyl halides is 3. The third-order valence-corrected chi connectivity index (χ3v) is 2.54. The van der Waals surface area contributed by atoms with E-state index in [-0.39, 0.29) is 0 Å². The van der Waals surface area contributed by atoms with Crippen molar-refractivity contribution in [3.63, 3.8) is 0 Å². The van der Waals surface area contributed by atoms with Crippen molar-refractivity contribution in [2.24, 2.45) is 5.92 Å². The molecule has 88 valence electrons. The number of halogens is 3. The molecular formula is C12H9F3N2. The Morgan fingerprint density at radius 1 is 1.06 bits per heavy atom. The molecule has 0 saturated carbocycles. The number of nitriles is 2. The van der Waals surface area contributed by atoms with Gasteiger partial charge < -0.3 is 0 Å². The minimum Gasteiger partial charge on any atom is -0.197 e. The van der Waals surface area contributed by atoms with Gasteiger partial charge in [0.1, 0.15) is 5.92 Å². The van der Waals surface area contributed by atoms with Crippen LogP contribution >= 0.6 is 0 Å². The van der Waals surface area contributed by atoms with Crippen LogP contribution in [0.2, 0.25) is 0 Å². The summed E-state index contributed by atoms with van der Waals surface area (Å²) in [5, 5.41) is 17.4. The maximum Gasteiger partial charge on any atom is 0.416 e. The molecule has 0 unspecified atom stereocenters. The van der Waals surface area contributed by atoms with Gasteiger partial charge in [0.2, 0.25) is 0 Å². The van der Waals surface area contributed by atoms with Gasteiger partial charge in [-0.2, -0.15) is 23.7 Å². The Morgan fingerprint density at radius 2 is 1.53 bits per heavy atom. The summed E-state index contributed by atoms with van der Waals surface area (Å²) in [5.74, 6) is -1.26. The van der Waals surface area contributed by atoms with Crippen molar-refractivity contribution in [1.29, 1.82) is 10.5 Å². The summed E-state index contributed by atoms with van der Waals surface area (Å²) >= 11 is 0. The highest BCUT2D eigenvalue weighted by molar-refractivity contribution is 5.29. The first-order valence-corrected chi connectivity index (χ1v) is 4.86. The number of hydrogen-bond donors (Lipinski definition) is 0. The maximum absolute atomic E-state index is 12.3. The predicted molar refractivity (Wildman–Crippen MR) is 54.6 cm³/mol. The SMILES string of the molecule is C[C@H](c1ccc(C(F)(F)F)cc1)C(C#N)C#N. The molecule has 0 spiro atoms. The summed E-state index contributed by atoms with van der Waals surface area (Å²) in [6, 6.07) is 8.14. The zero-order valence-corrected chi connectivity index (χ0v) is 8.99. The Balaban J connectivity index is 2.97. The predicted octanol–water partition coefficient (Wildman–Crippen LogP) is 3.47. The summed E-state index contributed by atoms with van der Waals surface area (Å²) in [6.45, 7) is 1.64. The first kappa shape index (κ1) is 13.1. The normalized spacial score (nSPS) is 12.9. The Kier molecular flexibility index (Phi) is 3.75. The summed E-state index contributed by atoms with van der Waals surface area (Å²) in [6.07, 6.45) is -4.37. The van der Waals surface area contributed by atoms with Gasteiger partial charge >= 0.3 is 6.18 Å². The molecule has 0 heterocycles. The minimum absolute atomic E-state index is 0.410. The van der Waals surface area contributed by atoms with Crippen LogP contribution in [-0.2, 0) is 6.18 Å². The number of benzene rings is 1. The first-order valence-electron chi connectivity index (χ1n) is 4.86. The van der Waals surface area contributed by atoms with E-state index in [1.807, 2.05) is 12.1 Å². The fraction of sp³-hybridized carbons (Fsp3) is 0.333. The van der Waals surface area contributed by atoms with E-state index in [1.165, 1.54) is 12.1 Å². The van der Waals surface area contributed by atoms with Crippen LogP contribution in [0.15, 0.2) is 24.3 Å². The molecule has 0 bridgehead atoms. The van der Waals surface area contributed by atoms with Crippen LogP contribution in [0.4, 0.5) is 13.2 Å². The molecule has 0 N–H and O–H groups in total. The van der Waals surface area contributed by atoms with Crippen LogP contribution in [0.1, 0.15) is 24.0 Å². The molecule has 1 aromatic carbocycles. The molecule has 0 aliphatic rings. The van der Waals surface area contributed by atoms with E-state index < -0.39 is 23.6 Å². The monoisotopic (exact) mass is 238 g/mol. The van der Waals surface area contributed by atoms with Gasteiger partial charge in [-0.1, -0.05) is 19.1 Å². The van der Waals surface area contributed by atoms with Crippen LogP contribution < -0.4 is 0 Å². The lowest BCUT2D eigenvalue weighted by Gasteiger charge is -2.13. The minimum atomic E-state index is -4.37. The van der Waals surface area contributed by atoms with Crippen LogP contribution in [0.3, 0.4) is 0 Å². The second kappa shape index (κ2) is 4.88. The lowest BCUT2D eigenvalue weighted by molar-refractivity contribution is -0.137. The Morgan fingerprint density at radius 3 is 1.88 bits per heavy atom. The molecule has 1 aromatic rings. The average Bonchev–Trinajstić information content (AvgIpc) is 2.29. The molecule has 0 radical (unpaired) electrons. The van der Waals surface area contributed by atoms with Crippen molar-refractivity contribution in [3.05, 3.63) is 35.4 Å². The molecule has 0 aromatic heterocycles. The Labute approximate surface area is 96.9 Å². The lowest BCUT2D eigenvalue weighted by Crippen LogP contribution is -2.08. The average molecular weight is 238 g/mol. The Hall–Kier alpha value is -2.01. The van der Waals surface area contributed by atoms with Crippen LogP contribution in [0, 0.1) is 28.6 Å². The standard InChI is InChI=1S/C12H9F3N2/c1-8(10(6-16)7-17)9-2-4-11(5-3-9)12(13,14)15/h2-5,8,10H,1H3/t8-/m1/s1. The van der Waals surface area contributed by atoms with Crippen LogP contribution in [-0.4, -0.2) is 0 Å². The van der Waals surface area contributed by atoms with Crippen molar-refractivity contribution in [1.82, 2.24) is 0 Å². The van der Waals surface area contributed by atoms with E-state index in [2.05, 4.69) is 0 Å². The molecule has 0 amide bonds. The molecule has 0 aliphatic heterocycles. The molecule has 0 fully saturated rings. The quantitative estimate of drug-likeness (QED) is 0.791. The highest BCUT2D eigenvalue weighted by Gasteiger charge is 2.30. The topological polar surface area (TPSA) is 47.6 Å². The summed E-state index contributed by atoms with van der Waals surface area (Å²) in [4.78, 5) is 0. The van der Waals surface area contributed by atoms with Crippen molar-refractivity contribution in [2.45, 2.75) is 19.0 Å². The lowest BCUT2D eigenvalue weighted by atomic mass is 9.89. The van der Waals surface area contributed by atoms with E-state index in [1.54, 1.807) is 6.92 Å². The largest absolute Gasteiger partial charge is 0.416 e. The fourth-order valence-electron chi connectivity index (χ4n) is 1.42. The zero-order valence-electron chi connectivity index (χ0n) is 8.99. The van der Waals surface area contributed by atoms with E-state index in [0.717, 1.165) is 12.1 Å². The summed E-state index contributed by atoms with van der Waals surface area (Å²) in [5.41, 5.74) is -0.190. The molecule has 2 nitrogen and oxygen atoms in total. The van der Waals surface area contributed by atoms with Crippen LogP contribution in [0.25, 0.3) is 0 Å². The van der Waals surface area contributed by atoms with Crippen LogP contribution in [0.5, 0.6) is 0 Å². The molecular weight excluding hydrogens is 229 g/mol. The number of hydrogen-bond acceptors (Lipinski definition) is 2. The first-order chi connectivity index (χ1) is 7.90. The maximum atomic E-state index is 12.3. The highest BCUT2D eigenvalue weighted by Crippen LogP contribution is 2.31. The molecule has 1 atom stereocenters. The van der Waals surface area contributed by atoms with Gasteiger partial charge in [0.25, 0.3) is 0 Å². The third-order valence-electron chi connectivity index (χ3n) is 2.54. The molecule has 1 rings (SSSR count). The van der Waals surface area contributed by atoms with Gasteiger partial charge in [-0.05, 0) is 17.7 Å².